The summed E-state index contributed by atoms with van der Waals surface area (Å²) in [5, 5.41) is 0. The SMILES string of the molecule is CCC(C)(C)C(=O)OC(C)[C@H](C)OC(=O)[C@@H](N)Cc1ccc(OC(=O)OCC(C)C)c(OC(=O)OCC(C)C)c1. The average molecular weight is 568 g/mol. The van der Waals surface area contributed by atoms with E-state index in [-0.39, 0.29) is 48.9 Å². The van der Waals surface area contributed by atoms with Crippen LogP contribution in [0.1, 0.15) is 74.3 Å². The number of carbonyl (C=O) groups is 4. The minimum atomic E-state index is -1.08. The van der Waals surface area contributed by atoms with E-state index in [1.54, 1.807) is 33.8 Å². The molecule has 1 aromatic rings. The zero-order valence-corrected chi connectivity index (χ0v) is 25.1. The van der Waals surface area contributed by atoms with E-state index < -0.39 is 41.9 Å². The Balaban J connectivity index is 2.94. The smallest absolute Gasteiger partial charge is 0.458 e. The van der Waals surface area contributed by atoms with Crippen LogP contribution < -0.4 is 15.2 Å². The van der Waals surface area contributed by atoms with Crippen LogP contribution in [0, 0.1) is 17.3 Å². The first-order chi connectivity index (χ1) is 18.5. The van der Waals surface area contributed by atoms with Gasteiger partial charge in [-0.1, -0.05) is 40.7 Å². The number of ether oxygens (including phenoxy) is 6. The van der Waals surface area contributed by atoms with Crippen LogP contribution in [0.15, 0.2) is 18.2 Å². The van der Waals surface area contributed by atoms with E-state index in [0.29, 0.717) is 12.0 Å². The fraction of sp³-hybridized carbons (Fsp3) is 0.655. The largest absolute Gasteiger partial charge is 0.513 e. The minimum Gasteiger partial charge on any atom is -0.458 e. The first kappa shape index (κ1) is 34.7. The predicted octanol–water partition coefficient (Wildman–Crippen LogP) is 5.20. The molecule has 0 radical (unpaired) electrons. The van der Waals surface area contributed by atoms with Gasteiger partial charge in [-0.2, -0.15) is 0 Å². The summed E-state index contributed by atoms with van der Waals surface area (Å²) in [6, 6.07) is 3.29. The van der Waals surface area contributed by atoms with Crippen LogP contribution in [0.5, 0.6) is 11.5 Å². The zero-order chi connectivity index (χ0) is 30.6. The molecule has 1 unspecified atom stereocenters. The summed E-state index contributed by atoms with van der Waals surface area (Å²) in [7, 11) is 0. The van der Waals surface area contributed by atoms with Crippen molar-refractivity contribution in [3.63, 3.8) is 0 Å². The van der Waals surface area contributed by atoms with Gasteiger partial charge in [0.05, 0.1) is 18.6 Å². The van der Waals surface area contributed by atoms with Crippen LogP contribution in [0.2, 0.25) is 0 Å². The summed E-state index contributed by atoms with van der Waals surface area (Å²) in [6.45, 7) is 16.4. The van der Waals surface area contributed by atoms with E-state index in [4.69, 9.17) is 34.2 Å². The molecule has 11 nitrogen and oxygen atoms in total. The second-order valence-electron chi connectivity index (χ2n) is 11.2. The van der Waals surface area contributed by atoms with Gasteiger partial charge in [-0.25, -0.2) is 9.59 Å². The highest BCUT2D eigenvalue weighted by Crippen LogP contribution is 2.30. The molecular weight excluding hydrogens is 522 g/mol. The molecule has 0 aliphatic heterocycles. The van der Waals surface area contributed by atoms with Crippen molar-refractivity contribution in [1.29, 1.82) is 0 Å². The first-order valence-electron chi connectivity index (χ1n) is 13.5. The summed E-state index contributed by atoms with van der Waals surface area (Å²) >= 11 is 0. The monoisotopic (exact) mass is 567 g/mol. The fourth-order valence-corrected chi connectivity index (χ4v) is 2.82. The molecule has 0 fully saturated rings. The van der Waals surface area contributed by atoms with Gasteiger partial charge >= 0.3 is 24.2 Å². The quantitative estimate of drug-likeness (QED) is 0.179. The number of hydrogen-bond donors (Lipinski definition) is 1. The third kappa shape index (κ3) is 12.2. The van der Waals surface area contributed by atoms with Gasteiger partial charge in [0.15, 0.2) is 11.5 Å². The van der Waals surface area contributed by atoms with E-state index >= 15 is 0 Å². The summed E-state index contributed by atoms with van der Waals surface area (Å²) in [5.41, 5.74) is 5.93. The minimum absolute atomic E-state index is 0.0120. The first-order valence-corrected chi connectivity index (χ1v) is 13.5. The summed E-state index contributed by atoms with van der Waals surface area (Å²) in [6.07, 6.45) is -2.76. The highest BCUT2D eigenvalue weighted by molar-refractivity contribution is 5.77. The molecule has 0 aromatic heterocycles. The number of hydrogen-bond acceptors (Lipinski definition) is 11. The van der Waals surface area contributed by atoms with E-state index in [9.17, 15) is 19.2 Å². The van der Waals surface area contributed by atoms with Gasteiger partial charge in [-0.15, -0.1) is 0 Å². The van der Waals surface area contributed by atoms with Crippen LogP contribution >= 0.6 is 0 Å². The normalized spacial score (nSPS) is 13.7. The van der Waals surface area contributed by atoms with Gasteiger partial charge in [0.2, 0.25) is 0 Å². The molecule has 226 valence electrons. The van der Waals surface area contributed by atoms with Crippen molar-refractivity contribution in [2.24, 2.45) is 23.0 Å². The molecular formula is C29H45NO10. The van der Waals surface area contributed by atoms with Crippen molar-refractivity contribution in [1.82, 2.24) is 0 Å². The zero-order valence-electron chi connectivity index (χ0n) is 25.1. The van der Waals surface area contributed by atoms with Gasteiger partial charge in [0.1, 0.15) is 18.2 Å². The molecule has 0 bridgehead atoms. The van der Waals surface area contributed by atoms with Crippen molar-refractivity contribution in [3.8, 4) is 11.5 Å². The molecule has 0 spiro atoms. The third-order valence-electron chi connectivity index (χ3n) is 5.91. The standard InChI is InChI=1S/C29H45NO10/c1-10-29(8,9)26(32)38-20(7)19(6)37-25(31)22(30)13-21-11-12-23(39-27(33)35-15-17(2)3)24(14-21)40-28(34)36-16-18(4)5/h11-12,14,17-20,22H,10,13,15-16,30H2,1-9H3/t19-,20?,22-/m0/s1. The van der Waals surface area contributed by atoms with E-state index in [2.05, 4.69) is 0 Å². The van der Waals surface area contributed by atoms with E-state index in [0.717, 1.165) is 0 Å². The van der Waals surface area contributed by atoms with Gasteiger partial charge in [-0.05, 0) is 70.1 Å². The molecule has 0 heterocycles. The molecule has 0 aliphatic rings. The molecule has 1 rings (SSSR count). The molecule has 3 atom stereocenters. The Morgan fingerprint density at radius 1 is 0.800 bits per heavy atom. The number of rotatable bonds is 14. The highest BCUT2D eigenvalue weighted by atomic mass is 16.7. The number of benzene rings is 1. The Hall–Kier alpha value is -3.34. The Kier molecular flexibility index (Phi) is 13.9. The van der Waals surface area contributed by atoms with Crippen molar-refractivity contribution in [2.45, 2.75) is 93.4 Å². The molecule has 2 N–H and O–H groups in total. The Morgan fingerprint density at radius 3 is 1.80 bits per heavy atom. The number of esters is 2. The van der Waals surface area contributed by atoms with Crippen LogP contribution in [-0.4, -0.2) is 55.7 Å². The lowest BCUT2D eigenvalue weighted by molar-refractivity contribution is -0.172. The second kappa shape index (κ2) is 16.1. The number of nitrogens with two attached hydrogens (primary N) is 1. The molecule has 1 aromatic carbocycles. The van der Waals surface area contributed by atoms with Gasteiger partial charge < -0.3 is 34.2 Å². The fourth-order valence-electron chi connectivity index (χ4n) is 2.82. The Bertz CT molecular complexity index is 1000. The molecule has 11 heteroatoms. The van der Waals surface area contributed by atoms with Gasteiger partial charge in [0, 0.05) is 0 Å². The molecule has 0 amide bonds. The maximum atomic E-state index is 12.7. The predicted molar refractivity (Wildman–Crippen MR) is 147 cm³/mol. The van der Waals surface area contributed by atoms with Crippen molar-refractivity contribution < 1.29 is 47.6 Å². The maximum absolute atomic E-state index is 12.7. The lowest BCUT2D eigenvalue weighted by Crippen LogP contribution is -2.40. The number of carbonyl (C=O) groups excluding carboxylic acids is 4. The lowest BCUT2D eigenvalue weighted by atomic mass is 9.90. The van der Waals surface area contributed by atoms with E-state index in [1.165, 1.54) is 12.1 Å². The van der Waals surface area contributed by atoms with E-state index in [1.807, 2.05) is 34.6 Å². The maximum Gasteiger partial charge on any atom is 0.513 e. The van der Waals surface area contributed by atoms with Crippen molar-refractivity contribution >= 4 is 24.2 Å². The topological polar surface area (TPSA) is 150 Å². The van der Waals surface area contributed by atoms with Crippen LogP contribution in [0.4, 0.5) is 9.59 Å². The summed E-state index contributed by atoms with van der Waals surface area (Å²) < 4.78 is 31.5. The van der Waals surface area contributed by atoms with Crippen molar-refractivity contribution in [2.75, 3.05) is 13.2 Å². The molecule has 40 heavy (non-hydrogen) atoms. The summed E-state index contributed by atoms with van der Waals surface area (Å²) in [4.78, 5) is 49.3. The molecule has 0 saturated heterocycles. The third-order valence-corrected chi connectivity index (χ3v) is 5.91. The van der Waals surface area contributed by atoms with Gasteiger partial charge in [-0.3, -0.25) is 9.59 Å². The lowest BCUT2D eigenvalue weighted by Gasteiger charge is -2.27. The van der Waals surface area contributed by atoms with Crippen LogP contribution in [0.3, 0.4) is 0 Å². The molecule has 0 aliphatic carbocycles. The van der Waals surface area contributed by atoms with Crippen LogP contribution in [-0.2, 0) is 35.0 Å². The Morgan fingerprint density at radius 2 is 1.30 bits per heavy atom. The highest BCUT2D eigenvalue weighted by Gasteiger charge is 2.31. The van der Waals surface area contributed by atoms with Gasteiger partial charge in [0.25, 0.3) is 0 Å². The molecule has 0 saturated carbocycles. The van der Waals surface area contributed by atoms with Crippen molar-refractivity contribution in [3.05, 3.63) is 23.8 Å². The summed E-state index contributed by atoms with van der Waals surface area (Å²) in [5.74, 6) is -1.10. The average Bonchev–Trinajstić information content (AvgIpc) is 2.87. The second-order valence-corrected chi connectivity index (χ2v) is 11.2. The Labute approximate surface area is 236 Å². The van der Waals surface area contributed by atoms with Crippen LogP contribution in [0.25, 0.3) is 0 Å².